The van der Waals surface area contributed by atoms with Crippen LogP contribution in [-0.4, -0.2) is 18.3 Å². The smallest absolute Gasteiger partial charge is 0.132 e. The maximum Gasteiger partial charge on any atom is 0.132 e. The Morgan fingerprint density at radius 3 is 2.26 bits per heavy atom. The minimum absolute atomic E-state index is 0.158. The van der Waals surface area contributed by atoms with Gasteiger partial charge in [-0.25, -0.2) is 0 Å². The van der Waals surface area contributed by atoms with E-state index in [-0.39, 0.29) is 17.6 Å². The SMILES string of the molecule is CCOC1c2cc(NCc3ccc(C(C)(C)C)cc3)ccc2OC(C)(C)C1OCc1ccccc1. The van der Waals surface area contributed by atoms with Crippen LogP contribution in [0.5, 0.6) is 5.75 Å². The van der Waals surface area contributed by atoms with E-state index in [0.29, 0.717) is 13.2 Å². The molecule has 0 amide bonds. The number of hydrogen-bond acceptors (Lipinski definition) is 4. The van der Waals surface area contributed by atoms with Gasteiger partial charge >= 0.3 is 0 Å². The zero-order chi connectivity index (χ0) is 25.1. The fourth-order valence-corrected chi connectivity index (χ4v) is 4.57. The van der Waals surface area contributed by atoms with Gasteiger partial charge in [-0.3, -0.25) is 0 Å². The molecule has 4 rings (SSSR count). The summed E-state index contributed by atoms with van der Waals surface area (Å²) in [6.45, 7) is 14.8. The fraction of sp³-hybridized carbons (Fsp3) is 0.419. The summed E-state index contributed by atoms with van der Waals surface area (Å²) in [5.74, 6) is 0.855. The van der Waals surface area contributed by atoms with E-state index >= 15 is 0 Å². The van der Waals surface area contributed by atoms with Crippen molar-refractivity contribution in [1.29, 1.82) is 0 Å². The third-order valence-electron chi connectivity index (χ3n) is 6.58. The molecular weight excluding hydrogens is 434 g/mol. The van der Waals surface area contributed by atoms with E-state index in [1.54, 1.807) is 0 Å². The van der Waals surface area contributed by atoms with E-state index in [1.807, 2.05) is 31.2 Å². The van der Waals surface area contributed by atoms with E-state index in [2.05, 4.69) is 88.5 Å². The summed E-state index contributed by atoms with van der Waals surface area (Å²) in [7, 11) is 0. The highest BCUT2D eigenvalue weighted by molar-refractivity contribution is 5.54. The van der Waals surface area contributed by atoms with Gasteiger partial charge in [0.1, 0.15) is 23.6 Å². The highest BCUT2D eigenvalue weighted by Crippen LogP contribution is 2.44. The highest BCUT2D eigenvalue weighted by atomic mass is 16.6. The van der Waals surface area contributed by atoms with Gasteiger partial charge in [-0.2, -0.15) is 0 Å². The Morgan fingerprint density at radius 1 is 0.886 bits per heavy atom. The fourth-order valence-electron chi connectivity index (χ4n) is 4.57. The van der Waals surface area contributed by atoms with Crippen LogP contribution < -0.4 is 10.1 Å². The minimum Gasteiger partial charge on any atom is -0.485 e. The molecule has 4 nitrogen and oxygen atoms in total. The zero-order valence-electron chi connectivity index (χ0n) is 21.9. The van der Waals surface area contributed by atoms with Crippen molar-refractivity contribution >= 4 is 5.69 Å². The second-order valence-electron chi connectivity index (χ2n) is 10.9. The molecule has 35 heavy (non-hydrogen) atoms. The van der Waals surface area contributed by atoms with E-state index in [1.165, 1.54) is 11.1 Å². The normalized spacial score (nSPS) is 19.0. The number of hydrogen-bond donors (Lipinski definition) is 1. The van der Waals surface area contributed by atoms with Crippen LogP contribution in [0.2, 0.25) is 0 Å². The lowest BCUT2D eigenvalue weighted by Gasteiger charge is -2.44. The van der Waals surface area contributed by atoms with Crippen molar-refractivity contribution in [2.75, 3.05) is 11.9 Å². The van der Waals surface area contributed by atoms with Crippen molar-refractivity contribution in [2.24, 2.45) is 0 Å². The molecule has 0 radical (unpaired) electrons. The van der Waals surface area contributed by atoms with E-state index in [4.69, 9.17) is 14.2 Å². The van der Waals surface area contributed by atoms with Gasteiger partial charge in [-0.15, -0.1) is 0 Å². The van der Waals surface area contributed by atoms with Crippen LogP contribution in [0.15, 0.2) is 72.8 Å². The largest absolute Gasteiger partial charge is 0.485 e. The van der Waals surface area contributed by atoms with Crippen LogP contribution in [0, 0.1) is 0 Å². The van der Waals surface area contributed by atoms with Crippen LogP contribution in [0.4, 0.5) is 5.69 Å². The Hall–Kier alpha value is -2.82. The maximum absolute atomic E-state index is 6.44. The summed E-state index contributed by atoms with van der Waals surface area (Å²) in [5, 5.41) is 3.57. The summed E-state index contributed by atoms with van der Waals surface area (Å²) in [4.78, 5) is 0. The van der Waals surface area contributed by atoms with E-state index < -0.39 is 5.60 Å². The van der Waals surface area contributed by atoms with Crippen molar-refractivity contribution in [3.8, 4) is 5.75 Å². The summed E-state index contributed by atoms with van der Waals surface area (Å²) in [5.41, 5.74) is 5.43. The Labute approximate surface area is 210 Å². The molecule has 0 fully saturated rings. The van der Waals surface area contributed by atoms with Crippen molar-refractivity contribution in [3.05, 3.63) is 95.1 Å². The molecular formula is C31H39NO3. The van der Waals surface area contributed by atoms with Gasteiger partial charge in [0.2, 0.25) is 0 Å². The number of fused-ring (bicyclic) bond motifs is 1. The van der Waals surface area contributed by atoms with Crippen molar-refractivity contribution in [2.45, 2.75) is 77.9 Å². The first-order chi connectivity index (χ1) is 16.7. The van der Waals surface area contributed by atoms with Gasteiger partial charge in [0.15, 0.2) is 0 Å². The van der Waals surface area contributed by atoms with Crippen LogP contribution in [-0.2, 0) is 28.0 Å². The summed E-state index contributed by atoms with van der Waals surface area (Å²) >= 11 is 0. The molecule has 0 saturated carbocycles. The molecule has 1 N–H and O–H groups in total. The average Bonchev–Trinajstić information content (AvgIpc) is 2.82. The molecule has 0 spiro atoms. The molecule has 0 aromatic heterocycles. The highest BCUT2D eigenvalue weighted by Gasteiger charge is 2.45. The Morgan fingerprint density at radius 2 is 1.60 bits per heavy atom. The third-order valence-corrected chi connectivity index (χ3v) is 6.58. The predicted molar refractivity (Wildman–Crippen MR) is 143 cm³/mol. The first kappa shape index (κ1) is 25.3. The molecule has 0 aliphatic carbocycles. The molecule has 3 aromatic rings. The summed E-state index contributed by atoms with van der Waals surface area (Å²) in [6, 6.07) is 25.4. The number of ether oxygens (including phenoxy) is 3. The first-order valence-electron chi connectivity index (χ1n) is 12.6. The Kier molecular flexibility index (Phi) is 7.53. The molecule has 4 heteroatoms. The number of nitrogens with one attached hydrogen (secondary N) is 1. The van der Waals surface area contributed by atoms with Gasteiger partial charge in [-0.1, -0.05) is 75.4 Å². The molecule has 1 aliphatic heterocycles. The maximum atomic E-state index is 6.44. The molecule has 186 valence electrons. The second kappa shape index (κ2) is 10.4. The molecule has 0 saturated heterocycles. The van der Waals surface area contributed by atoms with Gasteiger partial charge in [-0.05, 0) is 61.1 Å². The third kappa shape index (κ3) is 6.06. The summed E-state index contributed by atoms with van der Waals surface area (Å²) in [6.07, 6.45) is -0.453. The van der Waals surface area contributed by atoms with Crippen LogP contribution in [0.3, 0.4) is 0 Å². The van der Waals surface area contributed by atoms with Gasteiger partial charge in [0.25, 0.3) is 0 Å². The monoisotopic (exact) mass is 473 g/mol. The van der Waals surface area contributed by atoms with Crippen molar-refractivity contribution in [3.63, 3.8) is 0 Å². The zero-order valence-corrected chi connectivity index (χ0v) is 21.9. The topological polar surface area (TPSA) is 39.7 Å². The van der Waals surface area contributed by atoms with Gasteiger partial charge in [0.05, 0.1) is 6.61 Å². The lowest BCUT2D eigenvalue weighted by atomic mass is 9.87. The Bertz CT molecular complexity index is 1100. The molecule has 3 aromatic carbocycles. The first-order valence-corrected chi connectivity index (χ1v) is 12.6. The van der Waals surface area contributed by atoms with E-state index in [0.717, 1.165) is 29.1 Å². The number of rotatable bonds is 8. The number of anilines is 1. The number of benzene rings is 3. The molecule has 1 aliphatic rings. The van der Waals surface area contributed by atoms with Gasteiger partial charge in [0, 0.05) is 24.4 Å². The van der Waals surface area contributed by atoms with Crippen LogP contribution >= 0.6 is 0 Å². The van der Waals surface area contributed by atoms with Crippen LogP contribution in [0.1, 0.15) is 69.9 Å². The molecule has 2 unspecified atom stereocenters. The standard InChI is InChI=1S/C31H39NO3/c1-7-33-28-26-19-25(32-20-22-13-15-24(16-14-22)30(2,3)4)17-18-27(26)35-31(5,6)29(28)34-21-23-11-9-8-10-12-23/h8-19,28-29,32H,7,20-21H2,1-6H3. The second-order valence-corrected chi connectivity index (χ2v) is 10.9. The quantitative estimate of drug-likeness (QED) is 0.369. The van der Waals surface area contributed by atoms with Gasteiger partial charge < -0.3 is 19.5 Å². The molecule has 1 heterocycles. The van der Waals surface area contributed by atoms with Crippen molar-refractivity contribution in [1.82, 2.24) is 0 Å². The average molecular weight is 474 g/mol. The lowest BCUT2D eigenvalue weighted by Crippen LogP contribution is -2.51. The minimum atomic E-state index is -0.522. The Balaban J connectivity index is 1.52. The van der Waals surface area contributed by atoms with Crippen molar-refractivity contribution < 1.29 is 14.2 Å². The van der Waals surface area contributed by atoms with E-state index in [9.17, 15) is 0 Å². The molecule has 0 bridgehead atoms. The lowest BCUT2D eigenvalue weighted by molar-refractivity contribution is -0.165. The molecule has 2 atom stereocenters. The van der Waals surface area contributed by atoms with Crippen LogP contribution in [0.25, 0.3) is 0 Å². The predicted octanol–water partition coefficient (Wildman–Crippen LogP) is 7.43. The summed E-state index contributed by atoms with van der Waals surface area (Å²) < 4.78 is 19.1.